The summed E-state index contributed by atoms with van der Waals surface area (Å²) in [6, 6.07) is 8.43. The van der Waals surface area contributed by atoms with E-state index in [9.17, 15) is 13.2 Å². The highest BCUT2D eigenvalue weighted by molar-refractivity contribution is 7.89. The van der Waals surface area contributed by atoms with Crippen molar-refractivity contribution < 1.29 is 13.2 Å². The van der Waals surface area contributed by atoms with Crippen LogP contribution < -0.4 is 5.32 Å². The summed E-state index contributed by atoms with van der Waals surface area (Å²) in [5.41, 5.74) is 3.26. The van der Waals surface area contributed by atoms with Crippen LogP contribution in [-0.2, 0) is 27.8 Å². The Morgan fingerprint density at radius 2 is 1.97 bits per heavy atom. The number of hydrogen-bond donors (Lipinski definition) is 1. The van der Waals surface area contributed by atoms with E-state index in [1.165, 1.54) is 16.4 Å². The third-order valence-corrected chi connectivity index (χ3v) is 7.08. The number of carbonyl (C=O) groups is 1. The molecule has 30 heavy (non-hydrogen) atoms. The number of nitrogens with one attached hydrogen (secondary N) is 1. The van der Waals surface area contributed by atoms with Crippen LogP contribution in [0.1, 0.15) is 43.6 Å². The molecule has 0 aliphatic heterocycles. The van der Waals surface area contributed by atoms with Crippen molar-refractivity contribution >= 4 is 21.6 Å². The van der Waals surface area contributed by atoms with E-state index >= 15 is 0 Å². The molecule has 2 rings (SSSR count). The van der Waals surface area contributed by atoms with Gasteiger partial charge < -0.3 is 5.32 Å². The number of amides is 1. The first-order chi connectivity index (χ1) is 14.2. The van der Waals surface area contributed by atoms with Gasteiger partial charge in [0.15, 0.2) is 0 Å². The van der Waals surface area contributed by atoms with Gasteiger partial charge in [-0.25, -0.2) is 8.42 Å². The third-order valence-electron chi connectivity index (χ3n) is 5.03. The Bertz CT molecular complexity index is 1030. The molecule has 0 spiro atoms. The zero-order valence-corrected chi connectivity index (χ0v) is 18.8. The van der Waals surface area contributed by atoms with Gasteiger partial charge in [-0.3, -0.25) is 9.48 Å². The average Bonchev–Trinajstić information content (AvgIpc) is 2.98. The second kappa shape index (κ2) is 10.4. The molecule has 0 saturated carbocycles. The summed E-state index contributed by atoms with van der Waals surface area (Å²) in [6.07, 6.45) is 1.15. The maximum Gasteiger partial charge on any atom is 0.243 e. The zero-order chi connectivity index (χ0) is 22.3. The summed E-state index contributed by atoms with van der Waals surface area (Å²) < 4.78 is 28.5. The second-order valence-corrected chi connectivity index (χ2v) is 8.88. The molecule has 0 unspecified atom stereocenters. The minimum absolute atomic E-state index is 0.162. The van der Waals surface area contributed by atoms with E-state index in [1.807, 2.05) is 13.8 Å². The van der Waals surface area contributed by atoms with E-state index in [0.717, 1.165) is 17.0 Å². The number of benzene rings is 1. The molecule has 2 aromatic rings. The first-order valence-corrected chi connectivity index (χ1v) is 11.5. The first-order valence-electron chi connectivity index (χ1n) is 10.0. The minimum Gasteiger partial charge on any atom is -0.326 e. The van der Waals surface area contributed by atoms with Gasteiger partial charge in [-0.05, 0) is 44.0 Å². The monoisotopic (exact) mass is 431 g/mol. The average molecular weight is 432 g/mol. The number of carbonyl (C=O) groups excluding carboxylic acids is 1. The summed E-state index contributed by atoms with van der Waals surface area (Å²) in [6.45, 7) is 8.71. The van der Waals surface area contributed by atoms with Crippen molar-refractivity contribution in [2.45, 2.75) is 58.4 Å². The van der Waals surface area contributed by atoms with Gasteiger partial charge in [-0.1, -0.05) is 19.9 Å². The number of rotatable bonds is 10. The summed E-state index contributed by atoms with van der Waals surface area (Å²) in [4.78, 5) is 12.6. The molecular formula is C21H29N5O3S. The predicted octanol–water partition coefficient (Wildman–Crippen LogP) is 3.02. The van der Waals surface area contributed by atoms with E-state index in [-0.39, 0.29) is 17.2 Å². The van der Waals surface area contributed by atoms with Crippen LogP contribution in [0, 0.1) is 25.2 Å². The number of nitriles is 1. The van der Waals surface area contributed by atoms with Crippen molar-refractivity contribution in [2.24, 2.45) is 0 Å². The van der Waals surface area contributed by atoms with E-state index in [4.69, 9.17) is 5.26 Å². The summed E-state index contributed by atoms with van der Waals surface area (Å²) >= 11 is 0. The van der Waals surface area contributed by atoms with Crippen LogP contribution in [-0.4, -0.2) is 41.5 Å². The molecule has 0 fully saturated rings. The summed E-state index contributed by atoms with van der Waals surface area (Å²) in [5, 5.41) is 16.0. The smallest absolute Gasteiger partial charge is 0.243 e. The van der Waals surface area contributed by atoms with Crippen LogP contribution >= 0.6 is 0 Å². The molecule has 0 radical (unpaired) electrons. The quantitative estimate of drug-likeness (QED) is 0.622. The van der Waals surface area contributed by atoms with Crippen molar-refractivity contribution in [1.29, 1.82) is 5.26 Å². The Kier molecular flexibility index (Phi) is 8.15. The molecule has 0 saturated heterocycles. The van der Waals surface area contributed by atoms with Crippen molar-refractivity contribution in [3.63, 3.8) is 0 Å². The number of aromatic nitrogens is 2. The van der Waals surface area contributed by atoms with Gasteiger partial charge in [0.1, 0.15) is 0 Å². The van der Waals surface area contributed by atoms with Crippen LogP contribution in [0.15, 0.2) is 29.2 Å². The highest BCUT2D eigenvalue weighted by atomic mass is 32.2. The standard InChI is InChI=1S/C21H29N5O3S/c1-5-25(6-2)30(28,29)19-10-7-9-18(15-19)23-21(27)12-11-20-16(3)24-26(17(20)4)14-8-13-22/h7,9-10,15H,5-6,8,11-12,14H2,1-4H3,(H,23,27). The highest BCUT2D eigenvalue weighted by Crippen LogP contribution is 2.20. The van der Waals surface area contributed by atoms with Crippen LogP contribution in [0.3, 0.4) is 0 Å². The molecule has 9 heteroatoms. The topological polar surface area (TPSA) is 108 Å². The molecule has 0 aliphatic carbocycles. The van der Waals surface area contributed by atoms with Crippen molar-refractivity contribution in [1.82, 2.24) is 14.1 Å². The van der Waals surface area contributed by atoms with Gasteiger partial charge >= 0.3 is 0 Å². The SMILES string of the molecule is CCN(CC)S(=O)(=O)c1cccc(NC(=O)CCc2c(C)nn(CCC#N)c2C)c1. The molecule has 1 heterocycles. The van der Waals surface area contributed by atoms with Gasteiger partial charge in [0.05, 0.1) is 29.6 Å². The highest BCUT2D eigenvalue weighted by Gasteiger charge is 2.22. The van der Waals surface area contributed by atoms with Crippen LogP contribution in [0.4, 0.5) is 5.69 Å². The number of sulfonamides is 1. The molecule has 8 nitrogen and oxygen atoms in total. The fourth-order valence-corrected chi connectivity index (χ4v) is 4.88. The van der Waals surface area contributed by atoms with Crippen molar-refractivity contribution in [3.8, 4) is 6.07 Å². The summed E-state index contributed by atoms with van der Waals surface area (Å²) in [7, 11) is -3.58. The van der Waals surface area contributed by atoms with Crippen LogP contribution in [0.5, 0.6) is 0 Å². The molecule has 1 aromatic carbocycles. The largest absolute Gasteiger partial charge is 0.326 e. The Morgan fingerprint density at radius 1 is 1.27 bits per heavy atom. The summed E-state index contributed by atoms with van der Waals surface area (Å²) in [5.74, 6) is -0.198. The maximum atomic E-state index is 12.7. The number of hydrogen-bond acceptors (Lipinski definition) is 5. The lowest BCUT2D eigenvalue weighted by Crippen LogP contribution is -2.30. The Labute approximate surface area is 178 Å². The van der Waals surface area contributed by atoms with Crippen LogP contribution in [0.2, 0.25) is 0 Å². The van der Waals surface area contributed by atoms with Gasteiger partial charge in [-0.15, -0.1) is 0 Å². The minimum atomic E-state index is -3.58. The Balaban J connectivity index is 2.06. The fraction of sp³-hybridized carbons (Fsp3) is 0.476. The van der Waals surface area contributed by atoms with Crippen molar-refractivity contribution in [2.75, 3.05) is 18.4 Å². The lowest BCUT2D eigenvalue weighted by atomic mass is 10.1. The predicted molar refractivity (Wildman–Crippen MR) is 115 cm³/mol. The molecule has 162 valence electrons. The molecule has 0 aliphatic rings. The molecule has 1 amide bonds. The molecule has 1 N–H and O–H groups in total. The number of nitrogens with zero attached hydrogens (tertiary/aromatic N) is 4. The Morgan fingerprint density at radius 3 is 2.60 bits per heavy atom. The molecule has 0 atom stereocenters. The van der Waals surface area contributed by atoms with E-state index < -0.39 is 10.0 Å². The van der Waals surface area contributed by atoms with E-state index in [2.05, 4.69) is 16.5 Å². The molecule has 0 bridgehead atoms. The number of anilines is 1. The number of aryl methyl sites for hydroxylation is 2. The van der Waals surface area contributed by atoms with Gasteiger partial charge in [-0.2, -0.15) is 14.7 Å². The lowest BCUT2D eigenvalue weighted by Gasteiger charge is -2.18. The van der Waals surface area contributed by atoms with E-state index in [0.29, 0.717) is 38.2 Å². The second-order valence-electron chi connectivity index (χ2n) is 6.95. The lowest BCUT2D eigenvalue weighted by molar-refractivity contribution is -0.116. The van der Waals surface area contributed by atoms with Crippen LogP contribution in [0.25, 0.3) is 0 Å². The van der Waals surface area contributed by atoms with E-state index in [1.54, 1.807) is 30.7 Å². The van der Waals surface area contributed by atoms with Gasteiger partial charge in [0, 0.05) is 30.9 Å². The zero-order valence-electron chi connectivity index (χ0n) is 18.0. The Hall–Kier alpha value is -2.70. The van der Waals surface area contributed by atoms with Gasteiger partial charge in [0.2, 0.25) is 15.9 Å². The molecule has 1 aromatic heterocycles. The van der Waals surface area contributed by atoms with Crippen molar-refractivity contribution in [3.05, 3.63) is 41.2 Å². The van der Waals surface area contributed by atoms with Gasteiger partial charge in [0.25, 0.3) is 0 Å². The first kappa shape index (κ1) is 23.6. The normalized spacial score (nSPS) is 11.5. The fourth-order valence-electron chi connectivity index (χ4n) is 3.38. The maximum absolute atomic E-state index is 12.7. The third kappa shape index (κ3) is 5.46. The molecular weight excluding hydrogens is 402 g/mol.